The van der Waals surface area contributed by atoms with Gasteiger partial charge in [0, 0.05) is 37.9 Å². The molecule has 0 unspecified atom stereocenters. The lowest BCUT2D eigenvalue weighted by atomic mass is 10.1. The molecule has 1 fully saturated rings. The van der Waals surface area contributed by atoms with Crippen LogP contribution in [0.15, 0.2) is 54.6 Å². The molecule has 3 rings (SSSR count). The van der Waals surface area contributed by atoms with Crippen molar-refractivity contribution in [3.63, 3.8) is 0 Å². The Kier molecular flexibility index (Phi) is 5.15. The van der Waals surface area contributed by atoms with E-state index in [2.05, 4.69) is 42.2 Å². The second kappa shape index (κ2) is 7.67. The molecule has 0 atom stereocenters. The summed E-state index contributed by atoms with van der Waals surface area (Å²) >= 11 is 0. The number of hydrogen-bond acceptors (Lipinski definition) is 3. The lowest BCUT2D eigenvalue weighted by Crippen LogP contribution is -2.48. The maximum absolute atomic E-state index is 12.4. The lowest BCUT2D eigenvalue weighted by Gasteiger charge is -2.35. The van der Waals surface area contributed by atoms with Crippen LogP contribution in [0.5, 0.6) is 0 Å². The molecule has 1 heterocycles. The number of amides is 1. The van der Waals surface area contributed by atoms with Crippen molar-refractivity contribution in [1.29, 1.82) is 5.26 Å². The predicted octanol–water partition coefficient (Wildman–Crippen LogP) is 3.23. The minimum atomic E-state index is 0.0354. The molecule has 2 aromatic carbocycles. The van der Waals surface area contributed by atoms with Crippen LogP contribution in [0.2, 0.25) is 0 Å². The highest BCUT2D eigenvalue weighted by molar-refractivity contribution is 5.92. The summed E-state index contributed by atoms with van der Waals surface area (Å²) in [5, 5.41) is 8.80. The average Bonchev–Trinajstić information content (AvgIpc) is 2.66. The second-order valence-electron chi connectivity index (χ2n) is 6.22. The predicted molar refractivity (Wildman–Crippen MR) is 100 cm³/mol. The first-order valence-electron chi connectivity index (χ1n) is 8.44. The van der Waals surface area contributed by atoms with Crippen LogP contribution >= 0.6 is 0 Å². The number of benzene rings is 2. The van der Waals surface area contributed by atoms with Gasteiger partial charge >= 0.3 is 0 Å². The van der Waals surface area contributed by atoms with Gasteiger partial charge in [-0.15, -0.1) is 0 Å². The summed E-state index contributed by atoms with van der Waals surface area (Å²) in [4.78, 5) is 16.6. The van der Waals surface area contributed by atoms with E-state index in [4.69, 9.17) is 5.26 Å². The Labute approximate surface area is 148 Å². The Morgan fingerprint density at radius 3 is 2.44 bits per heavy atom. The third kappa shape index (κ3) is 4.27. The van der Waals surface area contributed by atoms with Crippen molar-refractivity contribution < 1.29 is 4.79 Å². The molecule has 25 heavy (non-hydrogen) atoms. The Hall–Kier alpha value is -3.06. The van der Waals surface area contributed by atoms with Gasteiger partial charge < -0.3 is 9.80 Å². The standard InChI is InChI=1S/C21H21N3O/c1-17-3-2-4-20(15-17)23-11-13-24(14-12-23)21(25)10-9-18-5-7-19(16-22)8-6-18/h2-10,15H,11-14H2,1H3/b10-9+. The minimum Gasteiger partial charge on any atom is -0.368 e. The number of rotatable bonds is 3. The van der Waals surface area contributed by atoms with Gasteiger partial charge in [-0.1, -0.05) is 24.3 Å². The molecule has 0 N–H and O–H groups in total. The van der Waals surface area contributed by atoms with Crippen LogP contribution in [0.3, 0.4) is 0 Å². The van der Waals surface area contributed by atoms with Crippen molar-refractivity contribution in [3.8, 4) is 6.07 Å². The maximum Gasteiger partial charge on any atom is 0.246 e. The van der Waals surface area contributed by atoms with E-state index >= 15 is 0 Å². The van der Waals surface area contributed by atoms with Gasteiger partial charge in [-0.25, -0.2) is 0 Å². The second-order valence-corrected chi connectivity index (χ2v) is 6.22. The van der Waals surface area contributed by atoms with Gasteiger partial charge in [-0.05, 0) is 48.4 Å². The topological polar surface area (TPSA) is 47.3 Å². The molecule has 4 nitrogen and oxygen atoms in total. The molecule has 0 aromatic heterocycles. The van der Waals surface area contributed by atoms with Gasteiger partial charge in [0.2, 0.25) is 5.91 Å². The first kappa shape index (κ1) is 16.8. The normalized spacial score (nSPS) is 14.6. The van der Waals surface area contributed by atoms with E-state index < -0.39 is 0 Å². The van der Waals surface area contributed by atoms with Gasteiger partial charge in [-0.3, -0.25) is 4.79 Å². The van der Waals surface area contributed by atoms with Crippen LogP contribution in [0.1, 0.15) is 16.7 Å². The molecule has 0 saturated carbocycles. The van der Waals surface area contributed by atoms with E-state index in [9.17, 15) is 4.79 Å². The van der Waals surface area contributed by atoms with Crippen LogP contribution in [0, 0.1) is 18.3 Å². The molecule has 1 amide bonds. The molecule has 0 bridgehead atoms. The van der Waals surface area contributed by atoms with E-state index in [1.807, 2.05) is 17.0 Å². The Bertz CT molecular complexity index is 810. The maximum atomic E-state index is 12.4. The molecule has 0 spiro atoms. The quantitative estimate of drug-likeness (QED) is 0.811. The van der Waals surface area contributed by atoms with Crippen LogP contribution in [-0.2, 0) is 4.79 Å². The fourth-order valence-corrected chi connectivity index (χ4v) is 2.95. The average molecular weight is 331 g/mol. The smallest absolute Gasteiger partial charge is 0.246 e. The lowest BCUT2D eigenvalue weighted by molar-refractivity contribution is -0.126. The summed E-state index contributed by atoms with van der Waals surface area (Å²) in [5.41, 5.74) is 4.02. The third-order valence-electron chi connectivity index (χ3n) is 4.42. The van der Waals surface area contributed by atoms with Crippen molar-refractivity contribution in [2.24, 2.45) is 0 Å². The number of aryl methyl sites for hydroxylation is 1. The number of hydrogen-bond donors (Lipinski definition) is 0. The summed E-state index contributed by atoms with van der Waals surface area (Å²) in [5.74, 6) is 0.0354. The van der Waals surface area contributed by atoms with Crippen molar-refractivity contribution in [2.45, 2.75) is 6.92 Å². The number of carbonyl (C=O) groups is 1. The first-order chi connectivity index (χ1) is 12.2. The van der Waals surface area contributed by atoms with Crippen LogP contribution < -0.4 is 4.90 Å². The van der Waals surface area contributed by atoms with E-state index in [0.717, 1.165) is 31.7 Å². The first-order valence-corrected chi connectivity index (χ1v) is 8.44. The number of piperazine rings is 1. The van der Waals surface area contributed by atoms with Crippen molar-refractivity contribution >= 4 is 17.7 Å². The Balaban J connectivity index is 1.56. The van der Waals surface area contributed by atoms with Crippen LogP contribution in [0.4, 0.5) is 5.69 Å². The molecule has 126 valence electrons. The highest BCUT2D eigenvalue weighted by Gasteiger charge is 2.19. The number of nitriles is 1. The number of anilines is 1. The van der Waals surface area contributed by atoms with Gasteiger partial charge in [-0.2, -0.15) is 5.26 Å². The SMILES string of the molecule is Cc1cccc(N2CCN(C(=O)/C=C/c3ccc(C#N)cc3)CC2)c1. The van der Waals surface area contributed by atoms with Crippen molar-refractivity contribution in [1.82, 2.24) is 4.90 Å². The van der Waals surface area contributed by atoms with Crippen molar-refractivity contribution in [3.05, 3.63) is 71.3 Å². The number of carbonyl (C=O) groups excluding carboxylic acids is 1. The zero-order valence-electron chi connectivity index (χ0n) is 14.4. The number of nitrogens with zero attached hydrogens (tertiary/aromatic N) is 3. The monoisotopic (exact) mass is 331 g/mol. The fraction of sp³-hybridized carbons (Fsp3) is 0.238. The largest absolute Gasteiger partial charge is 0.368 e. The van der Waals surface area contributed by atoms with Gasteiger partial charge in [0.05, 0.1) is 11.6 Å². The van der Waals surface area contributed by atoms with Crippen LogP contribution in [-0.4, -0.2) is 37.0 Å². The third-order valence-corrected chi connectivity index (χ3v) is 4.42. The van der Waals surface area contributed by atoms with Crippen LogP contribution in [0.25, 0.3) is 6.08 Å². The fourth-order valence-electron chi connectivity index (χ4n) is 2.95. The molecule has 1 saturated heterocycles. The molecular weight excluding hydrogens is 310 g/mol. The molecule has 2 aromatic rings. The van der Waals surface area contributed by atoms with Gasteiger partial charge in [0.15, 0.2) is 0 Å². The van der Waals surface area contributed by atoms with E-state index in [1.165, 1.54) is 11.3 Å². The Morgan fingerprint density at radius 1 is 1.08 bits per heavy atom. The molecule has 0 radical (unpaired) electrons. The van der Waals surface area contributed by atoms with Crippen molar-refractivity contribution in [2.75, 3.05) is 31.1 Å². The summed E-state index contributed by atoms with van der Waals surface area (Å²) in [6, 6.07) is 17.8. The van der Waals surface area contributed by atoms with E-state index in [0.29, 0.717) is 5.56 Å². The zero-order chi connectivity index (χ0) is 17.6. The zero-order valence-corrected chi connectivity index (χ0v) is 14.4. The summed E-state index contributed by atoms with van der Waals surface area (Å²) < 4.78 is 0. The molecule has 4 heteroatoms. The molecule has 0 aliphatic carbocycles. The minimum absolute atomic E-state index is 0.0354. The highest BCUT2D eigenvalue weighted by Crippen LogP contribution is 2.18. The summed E-state index contributed by atoms with van der Waals surface area (Å²) in [6.07, 6.45) is 3.42. The van der Waals surface area contributed by atoms with E-state index in [-0.39, 0.29) is 5.91 Å². The van der Waals surface area contributed by atoms with Gasteiger partial charge in [0.1, 0.15) is 0 Å². The van der Waals surface area contributed by atoms with E-state index in [1.54, 1.807) is 24.3 Å². The molecule has 1 aliphatic heterocycles. The highest BCUT2D eigenvalue weighted by atomic mass is 16.2. The van der Waals surface area contributed by atoms with Gasteiger partial charge in [0.25, 0.3) is 0 Å². The Morgan fingerprint density at radius 2 is 1.80 bits per heavy atom. The molecular formula is C21H21N3O. The summed E-state index contributed by atoms with van der Waals surface area (Å²) in [7, 11) is 0. The summed E-state index contributed by atoms with van der Waals surface area (Å²) in [6.45, 7) is 5.24. The molecule has 1 aliphatic rings.